The fraction of sp³-hybridized carbons (Fsp3) is 0.643. The molecule has 0 aromatic carbocycles. The molecule has 1 aromatic heterocycles. The molecule has 10 heteroatoms. The number of ether oxygens (including phenoxy) is 1. The highest BCUT2D eigenvalue weighted by molar-refractivity contribution is 6.00. The van der Waals surface area contributed by atoms with E-state index < -0.39 is 18.3 Å². The van der Waals surface area contributed by atoms with Crippen molar-refractivity contribution in [3.8, 4) is 0 Å². The van der Waals surface area contributed by atoms with Crippen molar-refractivity contribution in [2.75, 3.05) is 25.6 Å². The maximum absolute atomic E-state index is 13.0. The fourth-order valence-corrected chi connectivity index (χ4v) is 2.25. The molecular weight excluding hydrogens is 325 g/mol. The lowest BCUT2D eigenvalue weighted by Gasteiger charge is -2.26. The molecule has 134 valence electrons. The van der Waals surface area contributed by atoms with Gasteiger partial charge in [0.05, 0.1) is 24.5 Å². The first-order valence-electron chi connectivity index (χ1n) is 7.57. The molecule has 0 spiro atoms. The van der Waals surface area contributed by atoms with E-state index in [9.17, 15) is 13.2 Å². The number of anilines is 1. The Bertz CT molecular complexity index is 610. The first-order chi connectivity index (χ1) is 11.3. The van der Waals surface area contributed by atoms with E-state index in [1.165, 1.54) is 0 Å². The van der Waals surface area contributed by atoms with E-state index in [2.05, 4.69) is 25.7 Å². The summed E-state index contributed by atoms with van der Waals surface area (Å²) < 4.78 is 45.7. The summed E-state index contributed by atoms with van der Waals surface area (Å²) >= 11 is 0. The van der Waals surface area contributed by atoms with E-state index in [1.807, 2.05) is 0 Å². The Morgan fingerprint density at radius 2 is 2.12 bits per heavy atom. The molecule has 2 heterocycles. The Hall–Kier alpha value is -1.94. The molecule has 2 atom stereocenters. The lowest BCUT2D eigenvalue weighted by molar-refractivity contribution is -0.160. The van der Waals surface area contributed by atoms with Gasteiger partial charge in [-0.2, -0.15) is 18.3 Å². The van der Waals surface area contributed by atoms with Gasteiger partial charge in [0.15, 0.2) is 0 Å². The van der Waals surface area contributed by atoms with Crippen LogP contribution in [0.3, 0.4) is 0 Å². The Kier molecular flexibility index (Phi) is 5.94. The second kappa shape index (κ2) is 7.75. The smallest absolute Gasteiger partial charge is 0.383 e. The minimum absolute atomic E-state index is 0.121. The van der Waals surface area contributed by atoms with Crippen LogP contribution in [-0.4, -0.2) is 54.6 Å². The molecule has 0 fully saturated rings. The van der Waals surface area contributed by atoms with Gasteiger partial charge in [0.25, 0.3) is 0 Å². The zero-order valence-electron chi connectivity index (χ0n) is 13.8. The third kappa shape index (κ3) is 4.54. The van der Waals surface area contributed by atoms with Crippen molar-refractivity contribution in [1.82, 2.24) is 15.1 Å². The Labute approximate surface area is 138 Å². The van der Waals surface area contributed by atoms with Crippen LogP contribution in [0.4, 0.5) is 18.9 Å². The van der Waals surface area contributed by atoms with Crippen molar-refractivity contribution in [3.05, 3.63) is 11.9 Å². The van der Waals surface area contributed by atoms with Crippen molar-refractivity contribution in [3.63, 3.8) is 0 Å². The Balaban J connectivity index is 2.12. The van der Waals surface area contributed by atoms with Crippen molar-refractivity contribution < 1.29 is 17.9 Å². The zero-order valence-corrected chi connectivity index (χ0v) is 13.8. The van der Waals surface area contributed by atoms with Gasteiger partial charge in [-0.25, -0.2) is 9.98 Å². The number of nitrogens with one attached hydrogen (secondary N) is 2. The highest BCUT2D eigenvalue weighted by Crippen LogP contribution is 2.30. The fourth-order valence-electron chi connectivity index (χ4n) is 2.25. The van der Waals surface area contributed by atoms with Gasteiger partial charge < -0.3 is 10.1 Å². The van der Waals surface area contributed by atoms with Crippen LogP contribution in [0.2, 0.25) is 0 Å². The van der Waals surface area contributed by atoms with E-state index in [4.69, 9.17) is 4.74 Å². The van der Waals surface area contributed by atoms with Crippen LogP contribution in [0.15, 0.2) is 16.2 Å². The molecule has 2 rings (SSSR count). The average molecular weight is 346 g/mol. The highest BCUT2D eigenvalue weighted by atomic mass is 19.4. The van der Waals surface area contributed by atoms with E-state index in [0.29, 0.717) is 31.1 Å². The van der Waals surface area contributed by atoms with E-state index >= 15 is 0 Å². The van der Waals surface area contributed by atoms with E-state index in [-0.39, 0.29) is 5.96 Å². The van der Waals surface area contributed by atoms with Crippen LogP contribution in [0, 0.1) is 12.8 Å². The number of methoxy groups -OCH3 is 1. The molecule has 0 bridgehead atoms. The summed E-state index contributed by atoms with van der Waals surface area (Å²) in [6.07, 6.45) is -2.87. The van der Waals surface area contributed by atoms with Gasteiger partial charge in [-0.15, -0.1) is 0 Å². The number of hydrogen-bond acceptors (Lipinski definition) is 6. The van der Waals surface area contributed by atoms with Crippen LogP contribution in [0.25, 0.3) is 0 Å². The molecule has 1 aliphatic rings. The van der Waals surface area contributed by atoms with Crippen molar-refractivity contribution in [1.29, 1.82) is 0 Å². The third-order valence-corrected chi connectivity index (χ3v) is 3.47. The maximum Gasteiger partial charge on any atom is 0.400 e. The minimum atomic E-state index is -4.40. The van der Waals surface area contributed by atoms with Crippen molar-refractivity contribution in [2.24, 2.45) is 15.9 Å². The van der Waals surface area contributed by atoms with Crippen LogP contribution < -0.4 is 10.6 Å². The van der Waals surface area contributed by atoms with Crippen LogP contribution in [0.5, 0.6) is 0 Å². The second-order valence-electron chi connectivity index (χ2n) is 5.31. The monoisotopic (exact) mass is 346 g/mol. The molecule has 0 saturated carbocycles. The summed E-state index contributed by atoms with van der Waals surface area (Å²) in [7, 11) is 1.60. The van der Waals surface area contributed by atoms with Crippen molar-refractivity contribution in [2.45, 2.75) is 32.7 Å². The normalized spacial score (nSPS) is 21.0. The van der Waals surface area contributed by atoms with Crippen LogP contribution >= 0.6 is 0 Å². The molecule has 24 heavy (non-hydrogen) atoms. The van der Waals surface area contributed by atoms with Crippen molar-refractivity contribution >= 4 is 17.9 Å². The first kappa shape index (κ1) is 18.4. The summed E-state index contributed by atoms with van der Waals surface area (Å²) in [4.78, 5) is 7.85. The number of aromatic nitrogens is 2. The van der Waals surface area contributed by atoms with Gasteiger partial charge >= 0.3 is 6.18 Å². The van der Waals surface area contributed by atoms with Gasteiger partial charge in [-0.05, 0) is 13.5 Å². The number of guanidine groups is 1. The largest absolute Gasteiger partial charge is 0.400 e. The molecule has 1 aromatic rings. The molecule has 0 amide bonds. The third-order valence-electron chi connectivity index (χ3n) is 3.47. The van der Waals surface area contributed by atoms with E-state index in [1.54, 1.807) is 31.8 Å². The number of aliphatic imine (C=N–C) groups is 2. The Morgan fingerprint density at radius 1 is 1.38 bits per heavy atom. The molecule has 7 nitrogen and oxygen atoms in total. The van der Waals surface area contributed by atoms with Gasteiger partial charge in [-0.3, -0.25) is 10.00 Å². The van der Waals surface area contributed by atoms with Crippen LogP contribution in [0.1, 0.15) is 12.6 Å². The van der Waals surface area contributed by atoms with Gasteiger partial charge in [0, 0.05) is 19.5 Å². The minimum Gasteiger partial charge on any atom is -0.383 e. The number of alkyl halides is 3. The molecular formula is C14H21F3N6O. The molecule has 0 saturated heterocycles. The molecule has 1 aliphatic heterocycles. The number of nitrogens with zero attached hydrogens (tertiary/aromatic N) is 4. The standard InChI is InChI=1S/C14H21F3N6O/c1-4-18-12-10(14(15,16)17)7-19-13(21-12)20-11-8-23(5-6-24-3)22-9(11)2/h7-8,10,12,18H,4-6H2,1-3H3,(H,20,21). The maximum atomic E-state index is 13.0. The Morgan fingerprint density at radius 3 is 2.75 bits per heavy atom. The summed E-state index contributed by atoms with van der Waals surface area (Å²) in [5, 5.41) is 9.95. The predicted octanol–water partition coefficient (Wildman–Crippen LogP) is 1.80. The van der Waals surface area contributed by atoms with Crippen LogP contribution in [-0.2, 0) is 11.3 Å². The lowest BCUT2D eigenvalue weighted by atomic mass is 10.1. The molecule has 2 unspecified atom stereocenters. The highest BCUT2D eigenvalue weighted by Gasteiger charge is 2.45. The summed E-state index contributed by atoms with van der Waals surface area (Å²) in [6.45, 7) is 4.97. The van der Waals surface area contributed by atoms with Gasteiger partial charge in [0.2, 0.25) is 5.96 Å². The number of hydrogen-bond donors (Lipinski definition) is 2. The molecule has 0 radical (unpaired) electrons. The van der Waals surface area contributed by atoms with E-state index in [0.717, 1.165) is 6.21 Å². The predicted molar refractivity (Wildman–Crippen MR) is 85.4 cm³/mol. The lowest BCUT2D eigenvalue weighted by Crippen LogP contribution is -2.46. The van der Waals surface area contributed by atoms with Gasteiger partial charge in [0.1, 0.15) is 12.1 Å². The summed E-state index contributed by atoms with van der Waals surface area (Å²) in [6, 6.07) is 0. The number of aryl methyl sites for hydroxylation is 1. The number of halogens is 3. The molecule has 0 aliphatic carbocycles. The summed E-state index contributed by atoms with van der Waals surface area (Å²) in [5.74, 6) is -1.62. The second-order valence-corrected chi connectivity index (χ2v) is 5.31. The quantitative estimate of drug-likeness (QED) is 0.824. The topological polar surface area (TPSA) is 75.8 Å². The SMILES string of the molecule is CCNC1N=C(Nc2cn(CCOC)nc2C)N=CC1C(F)(F)F. The number of rotatable bonds is 6. The zero-order chi connectivity index (χ0) is 17.7. The first-order valence-corrected chi connectivity index (χ1v) is 7.57. The van der Waals surface area contributed by atoms with Gasteiger partial charge in [-0.1, -0.05) is 6.92 Å². The average Bonchev–Trinajstić information content (AvgIpc) is 2.84. The molecule has 2 N–H and O–H groups in total. The summed E-state index contributed by atoms with van der Waals surface area (Å²) in [5.41, 5.74) is 1.34.